The molecule has 0 aliphatic heterocycles. The largest absolute Gasteiger partial charge is 0.376 e. The molecule has 246 valence electrons. The minimum atomic E-state index is 0.0217. The quantitative estimate of drug-likeness (QED) is 0.158. The Morgan fingerprint density at radius 1 is 0.405 bits per heavy atom. The van der Waals surface area contributed by atoms with Crippen molar-refractivity contribution in [3.8, 4) is 0 Å². The molecule has 4 rings (SSSR count). The van der Waals surface area contributed by atoms with E-state index in [0.717, 1.165) is 60.6 Å². The zero-order valence-corrected chi connectivity index (χ0v) is 29.4. The van der Waals surface area contributed by atoms with Gasteiger partial charge in [-0.05, 0) is 153 Å². The van der Waals surface area contributed by atoms with E-state index in [1.54, 1.807) is 51.4 Å². The van der Waals surface area contributed by atoms with Crippen LogP contribution in [0.15, 0.2) is 0 Å². The second-order valence-corrected chi connectivity index (χ2v) is 17.6. The summed E-state index contributed by atoms with van der Waals surface area (Å²) in [6.45, 7) is 14.9. The molecule has 0 heterocycles. The van der Waals surface area contributed by atoms with Crippen molar-refractivity contribution >= 4 is 0 Å². The van der Waals surface area contributed by atoms with Crippen LogP contribution in [0.4, 0.5) is 0 Å². The van der Waals surface area contributed by atoms with Crippen LogP contribution in [0, 0.1) is 47.3 Å². The number of rotatable bonds is 17. The first-order chi connectivity index (χ1) is 20.1. The minimum absolute atomic E-state index is 0.0217. The van der Waals surface area contributed by atoms with E-state index in [1.807, 2.05) is 0 Å². The van der Waals surface area contributed by atoms with Crippen molar-refractivity contribution in [3.63, 3.8) is 0 Å². The lowest BCUT2D eigenvalue weighted by Gasteiger charge is -2.33. The molecule has 8 unspecified atom stereocenters. The molecule has 8 atom stereocenters. The minimum Gasteiger partial charge on any atom is -0.376 e. The predicted octanol–water partition coefficient (Wildman–Crippen LogP) is 12.2. The third-order valence-corrected chi connectivity index (χ3v) is 12.3. The molecule has 0 aromatic carbocycles. The van der Waals surface area contributed by atoms with Gasteiger partial charge in [-0.25, -0.2) is 0 Å². The molecule has 4 fully saturated rings. The molecule has 4 aliphatic rings. The van der Waals surface area contributed by atoms with Crippen LogP contribution in [-0.4, -0.2) is 24.4 Å². The Labute approximate surface area is 263 Å². The van der Waals surface area contributed by atoms with Crippen molar-refractivity contribution < 1.29 is 9.47 Å². The van der Waals surface area contributed by atoms with Gasteiger partial charge in [0.1, 0.15) is 0 Å². The van der Waals surface area contributed by atoms with E-state index in [4.69, 9.17) is 9.47 Å². The van der Waals surface area contributed by atoms with Gasteiger partial charge in [0.15, 0.2) is 0 Å². The molecule has 4 aliphatic carbocycles. The number of fused-ring (bicyclic) bond motifs is 2. The summed E-state index contributed by atoms with van der Waals surface area (Å²) in [5, 5.41) is 0. The molecule has 0 amide bonds. The normalized spacial score (nSPS) is 33.6. The van der Waals surface area contributed by atoms with Crippen molar-refractivity contribution in [3.05, 3.63) is 0 Å². The lowest BCUT2D eigenvalue weighted by molar-refractivity contribution is -0.00514. The van der Waals surface area contributed by atoms with Crippen LogP contribution in [0.1, 0.15) is 183 Å². The Morgan fingerprint density at radius 2 is 0.714 bits per heavy atom. The van der Waals surface area contributed by atoms with E-state index in [9.17, 15) is 0 Å². The van der Waals surface area contributed by atoms with Gasteiger partial charge in [-0.2, -0.15) is 0 Å². The van der Waals surface area contributed by atoms with Crippen molar-refractivity contribution in [1.29, 1.82) is 0 Å². The number of hydrogen-bond donors (Lipinski definition) is 0. The summed E-state index contributed by atoms with van der Waals surface area (Å²) in [4.78, 5) is 0. The summed E-state index contributed by atoms with van der Waals surface area (Å²) in [7, 11) is 0. The SMILES string of the molecule is CC(C)(C)OCCCCCCC1CC(CCC2CC(CCCCCCOC(C)(C)C)C3CCCCC23)C2CCCCC12. The van der Waals surface area contributed by atoms with E-state index in [1.165, 1.54) is 89.9 Å². The second kappa shape index (κ2) is 17.0. The van der Waals surface area contributed by atoms with Crippen molar-refractivity contribution in [2.45, 2.75) is 194 Å². The highest BCUT2D eigenvalue weighted by Gasteiger charge is 2.46. The number of hydrogen-bond acceptors (Lipinski definition) is 2. The van der Waals surface area contributed by atoms with E-state index in [2.05, 4.69) is 41.5 Å². The highest BCUT2D eigenvalue weighted by molar-refractivity contribution is 4.96. The summed E-state index contributed by atoms with van der Waals surface area (Å²) in [5.74, 6) is 8.59. The summed E-state index contributed by atoms with van der Waals surface area (Å²) in [6, 6.07) is 0. The molecular weight excluding hydrogens is 512 g/mol. The Hall–Kier alpha value is -0.0800. The first kappa shape index (κ1) is 34.8. The molecule has 0 radical (unpaired) electrons. The molecule has 0 spiro atoms. The maximum absolute atomic E-state index is 5.94. The molecule has 0 aromatic heterocycles. The lowest BCUT2D eigenvalue weighted by atomic mass is 9.72. The van der Waals surface area contributed by atoms with Crippen molar-refractivity contribution in [2.24, 2.45) is 47.3 Å². The van der Waals surface area contributed by atoms with E-state index < -0.39 is 0 Å². The molecule has 2 heteroatoms. The van der Waals surface area contributed by atoms with Gasteiger partial charge in [0.2, 0.25) is 0 Å². The van der Waals surface area contributed by atoms with Crippen LogP contribution in [0.25, 0.3) is 0 Å². The third kappa shape index (κ3) is 11.4. The maximum Gasteiger partial charge on any atom is 0.0598 e. The molecule has 0 N–H and O–H groups in total. The van der Waals surface area contributed by atoms with Gasteiger partial charge in [-0.15, -0.1) is 0 Å². The maximum atomic E-state index is 5.94. The Bertz CT molecular complexity index is 669. The van der Waals surface area contributed by atoms with Gasteiger partial charge in [0.05, 0.1) is 11.2 Å². The average Bonchev–Trinajstić information content (AvgIpc) is 3.47. The fourth-order valence-corrected chi connectivity index (χ4v) is 10.4. The first-order valence-corrected chi connectivity index (χ1v) is 19.4. The van der Waals surface area contributed by atoms with Crippen LogP contribution in [0.3, 0.4) is 0 Å². The van der Waals surface area contributed by atoms with Gasteiger partial charge in [-0.3, -0.25) is 0 Å². The monoisotopic (exact) mass is 587 g/mol. The topological polar surface area (TPSA) is 18.5 Å². The summed E-state index contributed by atoms with van der Waals surface area (Å²) in [5.41, 5.74) is 0.0435. The van der Waals surface area contributed by atoms with Gasteiger partial charge >= 0.3 is 0 Å². The van der Waals surface area contributed by atoms with Gasteiger partial charge in [0.25, 0.3) is 0 Å². The lowest BCUT2D eigenvalue weighted by Crippen LogP contribution is -2.24. The van der Waals surface area contributed by atoms with E-state index in [0.29, 0.717) is 0 Å². The standard InChI is InChI=1S/C40H74O2/c1-39(2,3)41-27-17-9-7-11-19-31-29-33(37-23-15-13-21-35(31)37)25-26-34-30-32(36-22-14-16-24-38(34)36)20-12-8-10-18-28-42-40(4,5)6/h31-38H,7-30H2,1-6H3. The average molecular weight is 587 g/mol. The van der Waals surface area contributed by atoms with Crippen molar-refractivity contribution in [1.82, 2.24) is 0 Å². The first-order valence-electron chi connectivity index (χ1n) is 19.4. The van der Waals surface area contributed by atoms with Crippen molar-refractivity contribution in [2.75, 3.05) is 13.2 Å². The predicted molar refractivity (Wildman–Crippen MR) is 181 cm³/mol. The summed E-state index contributed by atoms with van der Waals surface area (Å²) >= 11 is 0. The molecular formula is C40H74O2. The van der Waals surface area contributed by atoms with Gasteiger partial charge in [-0.1, -0.05) is 77.0 Å². The van der Waals surface area contributed by atoms with Gasteiger partial charge < -0.3 is 9.47 Å². The Morgan fingerprint density at radius 3 is 1.05 bits per heavy atom. The molecule has 42 heavy (non-hydrogen) atoms. The Kier molecular flexibility index (Phi) is 14.1. The van der Waals surface area contributed by atoms with Crippen LogP contribution in [-0.2, 0) is 9.47 Å². The van der Waals surface area contributed by atoms with Crippen LogP contribution in [0.2, 0.25) is 0 Å². The van der Waals surface area contributed by atoms with E-state index >= 15 is 0 Å². The fourth-order valence-electron chi connectivity index (χ4n) is 10.4. The number of ether oxygens (including phenoxy) is 2. The van der Waals surface area contributed by atoms with Crippen LogP contribution < -0.4 is 0 Å². The highest BCUT2D eigenvalue weighted by atomic mass is 16.5. The van der Waals surface area contributed by atoms with Gasteiger partial charge in [0, 0.05) is 13.2 Å². The molecule has 0 bridgehead atoms. The highest BCUT2D eigenvalue weighted by Crippen LogP contribution is 2.56. The fraction of sp³-hybridized carbons (Fsp3) is 1.00. The number of unbranched alkanes of at least 4 members (excludes halogenated alkanes) is 6. The molecule has 0 saturated heterocycles. The molecule has 2 nitrogen and oxygen atoms in total. The van der Waals surface area contributed by atoms with Crippen LogP contribution >= 0.6 is 0 Å². The Balaban J connectivity index is 1.17. The molecule has 0 aromatic rings. The van der Waals surface area contributed by atoms with Crippen LogP contribution in [0.5, 0.6) is 0 Å². The third-order valence-electron chi connectivity index (χ3n) is 12.3. The second-order valence-electron chi connectivity index (χ2n) is 17.6. The molecule has 4 saturated carbocycles. The summed E-state index contributed by atoms with van der Waals surface area (Å²) < 4.78 is 11.9. The smallest absolute Gasteiger partial charge is 0.0598 e. The summed E-state index contributed by atoms with van der Waals surface area (Å²) in [6.07, 6.45) is 32.7. The zero-order chi connectivity index (χ0) is 30.0. The zero-order valence-electron chi connectivity index (χ0n) is 29.4. The van der Waals surface area contributed by atoms with E-state index in [-0.39, 0.29) is 11.2 Å².